The number of carbonyl (C=O) groups excluding carboxylic acids is 3. The molecule has 3 atom stereocenters. The molecule has 2 aromatic carbocycles. The zero-order chi connectivity index (χ0) is 29.3. The lowest BCUT2D eigenvalue weighted by atomic mass is 9.93. The molecular weight excluding hydrogens is 498 g/mol. The summed E-state index contributed by atoms with van der Waals surface area (Å²) in [6.07, 6.45) is -0.137. The number of carbonyl (C=O) groups is 3. The first-order valence-electron chi connectivity index (χ1n) is 13.2. The van der Waals surface area contributed by atoms with Gasteiger partial charge in [0, 0.05) is 12.2 Å². The molecule has 0 heterocycles. The normalized spacial score (nSPS) is 13.6. The Morgan fingerprint density at radius 1 is 1.05 bits per heavy atom. The van der Waals surface area contributed by atoms with Gasteiger partial charge in [-0.15, -0.1) is 0 Å². The van der Waals surface area contributed by atoms with E-state index in [1.165, 1.54) is 4.90 Å². The van der Waals surface area contributed by atoms with Crippen LogP contribution in [0.2, 0.25) is 0 Å². The molecule has 214 valence electrons. The van der Waals surface area contributed by atoms with Crippen LogP contribution in [0.4, 0.5) is 10.5 Å². The predicted octanol–water partition coefficient (Wildman–Crippen LogP) is 4.75. The highest BCUT2D eigenvalue weighted by Gasteiger charge is 2.38. The quantitative estimate of drug-likeness (QED) is 0.378. The second-order valence-electron chi connectivity index (χ2n) is 10.7. The van der Waals surface area contributed by atoms with Crippen LogP contribution in [0.5, 0.6) is 5.75 Å². The third-order valence-corrected chi connectivity index (χ3v) is 6.63. The van der Waals surface area contributed by atoms with Crippen molar-refractivity contribution in [3.63, 3.8) is 0 Å². The Hall–Kier alpha value is -3.59. The van der Waals surface area contributed by atoms with Crippen molar-refractivity contribution in [2.24, 2.45) is 5.92 Å². The Labute approximate surface area is 231 Å². The number of nitrogens with one attached hydrogen (secondary N) is 2. The monoisotopic (exact) mass is 541 g/mol. The molecule has 9 nitrogen and oxygen atoms in total. The average Bonchev–Trinajstić information content (AvgIpc) is 2.88. The molecule has 0 aliphatic rings. The van der Waals surface area contributed by atoms with Crippen molar-refractivity contribution in [3.8, 4) is 5.75 Å². The minimum absolute atomic E-state index is 0.115. The molecule has 0 aliphatic carbocycles. The lowest BCUT2D eigenvalue weighted by Crippen LogP contribution is -2.55. The summed E-state index contributed by atoms with van der Waals surface area (Å²) in [5, 5.41) is 15.6. The maximum Gasteiger partial charge on any atom is 0.408 e. The standard InChI is InChI=1S/C30H43N3O6/c1-9-19(2)25(32-29(37)39-30(5,6)7)28(36)33(17-18-34)26(24-12-10-11-20(3)21(24)4)27(35)31-22-13-15-23(38-8)16-14-22/h10-16,19,25-26,34H,9,17-18H2,1-8H3,(H,31,35)(H,32,37). The van der Waals surface area contributed by atoms with Crippen LogP contribution >= 0.6 is 0 Å². The van der Waals surface area contributed by atoms with E-state index in [1.807, 2.05) is 39.8 Å². The van der Waals surface area contributed by atoms with Crippen LogP contribution < -0.4 is 15.4 Å². The number of alkyl carbamates (subject to hydrolysis) is 1. The Bertz CT molecular complexity index is 1130. The van der Waals surface area contributed by atoms with E-state index < -0.39 is 35.6 Å². The highest BCUT2D eigenvalue weighted by atomic mass is 16.6. The Morgan fingerprint density at radius 3 is 2.23 bits per heavy atom. The van der Waals surface area contributed by atoms with Gasteiger partial charge in [0.05, 0.1) is 13.7 Å². The highest BCUT2D eigenvalue weighted by molar-refractivity contribution is 5.99. The summed E-state index contributed by atoms with van der Waals surface area (Å²) in [4.78, 5) is 42.1. The Kier molecular flexibility index (Phi) is 11.3. The van der Waals surface area contributed by atoms with Crippen LogP contribution in [-0.4, -0.2) is 59.8 Å². The van der Waals surface area contributed by atoms with Crippen LogP contribution in [0.25, 0.3) is 0 Å². The number of aryl methyl sites for hydroxylation is 1. The van der Waals surface area contributed by atoms with Crippen molar-refractivity contribution in [1.82, 2.24) is 10.2 Å². The molecule has 0 spiro atoms. The number of benzene rings is 2. The molecule has 0 radical (unpaired) electrons. The fourth-order valence-corrected chi connectivity index (χ4v) is 4.18. The molecule has 0 aliphatic heterocycles. The third kappa shape index (κ3) is 8.71. The van der Waals surface area contributed by atoms with Gasteiger partial charge >= 0.3 is 6.09 Å². The molecule has 3 amide bonds. The number of anilines is 1. The number of amides is 3. The number of rotatable bonds is 11. The van der Waals surface area contributed by atoms with Gasteiger partial charge in [0.2, 0.25) is 5.91 Å². The molecule has 0 fully saturated rings. The van der Waals surface area contributed by atoms with Gasteiger partial charge in [-0.2, -0.15) is 0 Å². The molecule has 3 N–H and O–H groups in total. The first-order valence-corrected chi connectivity index (χ1v) is 13.2. The minimum Gasteiger partial charge on any atom is -0.497 e. The lowest BCUT2D eigenvalue weighted by molar-refractivity contribution is -0.142. The molecule has 9 heteroatoms. The average molecular weight is 542 g/mol. The van der Waals surface area contributed by atoms with Gasteiger partial charge in [0.25, 0.3) is 5.91 Å². The van der Waals surface area contributed by atoms with Crippen molar-refractivity contribution in [2.45, 2.75) is 72.6 Å². The number of methoxy groups -OCH3 is 1. The molecule has 0 aromatic heterocycles. The number of hydrogen-bond donors (Lipinski definition) is 3. The number of aliphatic hydroxyl groups excluding tert-OH is 1. The Balaban J connectivity index is 2.56. The molecule has 0 saturated heterocycles. The molecule has 0 bridgehead atoms. The summed E-state index contributed by atoms with van der Waals surface area (Å²) < 4.78 is 10.6. The largest absolute Gasteiger partial charge is 0.497 e. The van der Waals surface area contributed by atoms with E-state index in [1.54, 1.807) is 58.2 Å². The zero-order valence-corrected chi connectivity index (χ0v) is 24.3. The molecule has 2 rings (SSSR count). The van der Waals surface area contributed by atoms with Gasteiger partial charge in [-0.3, -0.25) is 9.59 Å². The summed E-state index contributed by atoms with van der Waals surface area (Å²) in [6.45, 7) is 12.3. The number of ether oxygens (including phenoxy) is 2. The van der Waals surface area contributed by atoms with Crippen LogP contribution in [0.1, 0.15) is 63.8 Å². The number of nitrogens with zero attached hydrogens (tertiary/aromatic N) is 1. The summed E-state index contributed by atoms with van der Waals surface area (Å²) in [5.41, 5.74) is 2.21. The summed E-state index contributed by atoms with van der Waals surface area (Å²) in [6, 6.07) is 10.4. The van der Waals surface area contributed by atoms with Crippen LogP contribution in [0.3, 0.4) is 0 Å². The van der Waals surface area contributed by atoms with Crippen molar-refractivity contribution < 1.29 is 29.0 Å². The van der Waals surface area contributed by atoms with E-state index in [0.717, 1.165) is 11.1 Å². The number of aliphatic hydroxyl groups is 1. The fraction of sp³-hybridized carbons (Fsp3) is 0.500. The summed E-state index contributed by atoms with van der Waals surface area (Å²) >= 11 is 0. The van der Waals surface area contributed by atoms with Crippen LogP contribution in [-0.2, 0) is 14.3 Å². The lowest BCUT2D eigenvalue weighted by Gasteiger charge is -2.36. The maximum absolute atomic E-state index is 14.1. The maximum atomic E-state index is 14.1. The van der Waals surface area contributed by atoms with Crippen LogP contribution in [0, 0.1) is 19.8 Å². The van der Waals surface area contributed by atoms with E-state index in [4.69, 9.17) is 9.47 Å². The molecule has 39 heavy (non-hydrogen) atoms. The third-order valence-electron chi connectivity index (χ3n) is 6.63. The summed E-state index contributed by atoms with van der Waals surface area (Å²) in [7, 11) is 1.56. The van der Waals surface area contributed by atoms with E-state index in [-0.39, 0.29) is 19.1 Å². The SMILES string of the molecule is CCC(C)C(NC(=O)OC(C)(C)C)C(=O)N(CCO)C(C(=O)Nc1ccc(OC)cc1)c1cccc(C)c1C. The van der Waals surface area contributed by atoms with Gasteiger partial charge in [0.1, 0.15) is 23.4 Å². The van der Waals surface area contributed by atoms with Crippen molar-refractivity contribution in [3.05, 3.63) is 59.2 Å². The molecule has 0 saturated carbocycles. The molecular formula is C30H43N3O6. The van der Waals surface area contributed by atoms with Gasteiger partial charge in [-0.05, 0) is 81.5 Å². The first-order chi connectivity index (χ1) is 18.3. The van der Waals surface area contributed by atoms with Crippen molar-refractivity contribution in [1.29, 1.82) is 0 Å². The predicted molar refractivity (Wildman–Crippen MR) is 152 cm³/mol. The molecule has 3 unspecified atom stereocenters. The van der Waals surface area contributed by atoms with Gasteiger partial charge < -0.3 is 30.1 Å². The van der Waals surface area contributed by atoms with Crippen molar-refractivity contribution >= 4 is 23.6 Å². The van der Waals surface area contributed by atoms with E-state index in [2.05, 4.69) is 10.6 Å². The van der Waals surface area contributed by atoms with Gasteiger partial charge in [0.15, 0.2) is 0 Å². The highest BCUT2D eigenvalue weighted by Crippen LogP contribution is 2.29. The zero-order valence-electron chi connectivity index (χ0n) is 24.3. The minimum atomic E-state index is -1.07. The second-order valence-corrected chi connectivity index (χ2v) is 10.7. The second kappa shape index (κ2) is 14.0. The van der Waals surface area contributed by atoms with E-state index in [9.17, 15) is 19.5 Å². The van der Waals surface area contributed by atoms with E-state index >= 15 is 0 Å². The van der Waals surface area contributed by atoms with Crippen molar-refractivity contribution in [2.75, 3.05) is 25.6 Å². The van der Waals surface area contributed by atoms with Crippen LogP contribution in [0.15, 0.2) is 42.5 Å². The summed E-state index contributed by atoms with van der Waals surface area (Å²) in [5.74, 6) is -0.563. The van der Waals surface area contributed by atoms with E-state index in [0.29, 0.717) is 23.4 Å². The van der Waals surface area contributed by atoms with Gasteiger partial charge in [-0.1, -0.05) is 38.5 Å². The first kappa shape index (κ1) is 31.6. The Morgan fingerprint density at radius 2 is 1.69 bits per heavy atom. The smallest absolute Gasteiger partial charge is 0.408 e. The van der Waals surface area contributed by atoms with Gasteiger partial charge in [-0.25, -0.2) is 4.79 Å². The fourth-order valence-electron chi connectivity index (χ4n) is 4.18. The number of hydrogen-bond acceptors (Lipinski definition) is 6. The topological polar surface area (TPSA) is 117 Å². The molecule has 2 aromatic rings.